The first-order chi connectivity index (χ1) is 8.56. The summed E-state index contributed by atoms with van der Waals surface area (Å²) in [7, 11) is 0. The molecular formula is C13H8Cl3NO. The summed E-state index contributed by atoms with van der Waals surface area (Å²) in [4.78, 5) is 12.0. The average Bonchev–Trinajstić information content (AvgIpc) is 2.32. The molecule has 0 atom stereocenters. The van der Waals surface area contributed by atoms with Crippen LogP contribution in [0.25, 0.3) is 0 Å². The summed E-state index contributed by atoms with van der Waals surface area (Å²) in [5, 5.41) is 4.13. The first-order valence-electron chi connectivity index (χ1n) is 5.08. The lowest BCUT2D eigenvalue weighted by atomic mass is 10.2. The molecule has 0 spiro atoms. The third kappa shape index (κ3) is 3.16. The van der Waals surface area contributed by atoms with Gasteiger partial charge in [0.25, 0.3) is 5.91 Å². The van der Waals surface area contributed by atoms with Gasteiger partial charge in [0.1, 0.15) is 0 Å². The number of halogens is 3. The van der Waals surface area contributed by atoms with Gasteiger partial charge in [-0.2, -0.15) is 0 Å². The Morgan fingerprint density at radius 3 is 2.11 bits per heavy atom. The van der Waals surface area contributed by atoms with Crippen LogP contribution in [0, 0.1) is 0 Å². The van der Waals surface area contributed by atoms with E-state index in [4.69, 9.17) is 34.8 Å². The molecule has 0 aliphatic rings. The smallest absolute Gasteiger partial charge is 0.257 e. The van der Waals surface area contributed by atoms with Gasteiger partial charge < -0.3 is 5.32 Å². The van der Waals surface area contributed by atoms with E-state index in [0.29, 0.717) is 26.3 Å². The highest BCUT2D eigenvalue weighted by Gasteiger charge is 2.10. The molecule has 0 fully saturated rings. The molecule has 92 valence electrons. The Balaban J connectivity index is 2.19. The van der Waals surface area contributed by atoms with Crippen molar-refractivity contribution in [3.8, 4) is 0 Å². The minimum absolute atomic E-state index is 0.293. The molecular weight excluding hydrogens is 293 g/mol. The molecule has 0 aromatic heterocycles. The van der Waals surface area contributed by atoms with Gasteiger partial charge in [0.2, 0.25) is 0 Å². The second-order valence-corrected chi connectivity index (χ2v) is 4.87. The molecule has 0 unspecified atom stereocenters. The number of hydrogen-bond acceptors (Lipinski definition) is 1. The predicted octanol–water partition coefficient (Wildman–Crippen LogP) is 4.90. The van der Waals surface area contributed by atoms with Gasteiger partial charge >= 0.3 is 0 Å². The van der Waals surface area contributed by atoms with Crippen LogP contribution in [0.1, 0.15) is 10.4 Å². The highest BCUT2D eigenvalue weighted by Crippen LogP contribution is 2.22. The highest BCUT2D eigenvalue weighted by atomic mass is 35.5. The maximum Gasteiger partial charge on any atom is 0.257 e. The van der Waals surface area contributed by atoms with Gasteiger partial charge in [-0.1, -0.05) is 34.8 Å². The topological polar surface area (TPSA) is 29.1 Å². The normalized spacial score (nSPS) is 10.2. The van der Waals surface area contributed by atoms with Crippen LogP contribution in [0.2, 0.25) is 15.1 Å². The Bertz CT molecular complexity index is 581. The van der Waals surface area contributed by atoms with Gasteiger partial charge in [0.15, 0.2) is 0 Å². The molecule has 1 N–H and O–H groups in total. The first kappa shape index (κ1) is 13.2. The van der Waals surface area contributed by atoms with Crippen molar-refractivity contribution in [1.29, 1.82) is 0 Å². The van der Waals surface area contributed by atoms with Crippen LogP contribution in [-0.4, -0.2) is 5.91 Å². The van der Waals surface area contributed by atoms with E-state index < -0.39 is 0 Å². The maximum atomic E-state index is 12.0. The monoisotopic (exact) mass is 299 g/mol. The zero-order valence-corrected chi connectivity index (χ0v) is 11.4. The molecule has 2 aromatic rings. The van der Waals surface area contributed by atoms with Crippen molar-refractivity contribution in [3.63, 3.8) is 0 Å². The van der Waals surface area contributed by atoms with E-state index in [2.05, 4.69) is 5.32 Å². The lowest BCUT2D eigenvalue weighted by Crippen LogP contribution is -2.12. The summed E-state index contributed by atoms with van der Waals surface area (Å²) in [6.45, 7) is 0. The molecule has 0 saturated carbocycles. The summed E-state index contributed by atoms with van der Waals surface area (Å²) >= 11 is 17.5. The Labute approximate surface area is 119 Å². The van der Waals surface area contributed by atoms with Crippen molar-refractivity contribution in [2.45, 2.75) is 0 Å². The van der Waals surface area contributed by atoms with Crippen molar-refractivity contribution < 1.29 is 4.79 Å². The fourth-order valence-corrected chi connectivity index (χ4v) is 2.03. The van der Waals surface area contributed by atoms with E-state index in [1.54, 1.807) is 36.4 Å². The average molecular weight is 301 g/mol. The summed E-state index contributed by atoms with van der Waals surface area (Å²) in [5.41, 5.74) is 1.02. The van der Waals surface area contributed by atoms with Crippen LogP contribution in [0.3, 0.4) is 0 Å². The molecule has 18 heavy (non-hydrogen) atoms. The van der Waals surface area contributed by atoms with Gasteiger partial charge in [-0.3, -0.25) is 4.79 Å². The number of amides is 1. The lowest BCUT2D eigenvalue weighted by Gasteiger charge is -2.07. The number of rotatable bonds is 2. The predicted molar refractivity (Wildman–Crippen MR) is 75.9 cm³/mol. The third-order valence-electron chi connectivity index (χ3n) is 2.28. The Kier molecular flexibility index (Phi) is 4.12. The molecule has 0 aliphatic heterocycles. The van der Waals surface area contributed by atoms with Crippen LogP contribution in [0.15, 0.2) is 42.5 Å². The van der Waals surface area contributed by atoms with Gasteiger partial charge in [0.05, 0.1) is 10.6 Å². The zero-order valence-electron chi connectivity index (χ0n) is 9.08. The third-order valence-corrected chi connectivity index (χ3v) is 3.08. The van der Waals surface area contributed by atoms with E-state index in [1.165, 1.54) is 6.07 Å². The van der Waals surface area contributed by atoms with E-state index in [1.807, 2.05) is 0 Å². The number of benzene rings is 2. The van der Waals surface area contributed by atoms with Gasteiger partial charge in [0, 0.05) is 15.7 Å². The quantitative estimate of drug-likeness (QED) is 0.840. The first-order valence-corrected chi connectivity index (χ1v) is 6.21. The largest absolute Gasteiger partial charge is 0.322 e. The van der Waals surface area contributed by atoms with Crippen LogP contribution >= 0.6 is 34.8 Å². The summed E-state index contributed by atoms with van der Waals surface area (Å²) in [6, 6.07) is 11.5. The van der Waals surface area contributed by atoms with Crippen LogP contribution in [0.4, 0.5) is 5.69 Å². The highest BCUT2D eigenvalue weighted by molar-refractivity contribution is 6.37. The minimum atomic E-state index is -0.293. The standard InChI is InChI=1S/C13H8Cl3NO/c14-8-1-4-10(5-2-8)17-13(18)11-6-3-9(15)7-12(11)16/h1-7H,(H,17,18). The molecule has 1 amide bonds. The molecule has 2 rings (SSSR count). The van der Waals surface area contributed by atoms with Gasteiger partial charge in [-0.15, -0.1) is 0 Å². The molecule has 0 radical (unpaired) electrons. The van der Waals surface area contributed by atoms with E-state index in [0.717, 1.165) is 0 Å². The van der Waals surface area contributed by atoms with Crippen LogP contribution in [-0.2, 0) is 0 Å². The Morgan fingerprint density at radius 2 is 1.50 bits per heavy atom. The van der Waals surface area contributed by atoms with E-state index in [9.17, 15) is 4.79 Å². The fraction of sp³-hybridized carbons (Fsp3) is 0. The minimum Gasteiger partial charge on any atom is -0.322 e. The summed E-state index contributed by atoms with van der Waals surface area (Å²) < 4.78 is 0. The molecule has 0 heterocycles. The second kappa shape index (κ2) is 5.61. The Morgan fingerprint density at radius 1 is 0.889 bits per heavy atom. The SMILES string of the molecule is O=C(Nc1ccc(Cl)cc1)c1ccc(Cl)cc1Cl. The molecule has 2 aromatic carbocycles. The van der Waals surface area contributed by atoms with Crippen molar-refractivity contribution >= 4 is 46.4 Å². The molecule has 2 nitrogen and oxygen atoms in total. The maximum absolute atomic E-state index is 12.0. The van der Waals surface area contributed by atoms with Crippen LogP contribution in [0.5, 0.6) is 0 Å². The number of hydrogen-bond donors (Lipinski definition) is 1. The van der Waals surface area contributed by atoms with Crippen LogP contribution < -0.4 is 5.32 Å². The lowest BCUT2D eigenvalue weighted by molar-refractivity contribution is 0.102. The number of nitrogens with one attached hydrogen (secondary N) is 1. The van der Waals surface area contributed by atoms with Crippen molar-refractivity contribution in [2.24, 2.45) is 0 Å². The number of anilines is 1. The zero-order chi connectivity index (χ0) is 13.1. The van der Waals surface area contributed by atoms with Crippen molar-refractivity contribution in [2.75, 3.05) is 5.32 Å². The van der Waals surface area contributed by atoms with Gasteiger partial charge in [-0.25, -0.2) is 0 Å². The summed E-state index contributed by atoms with van der Waals surface area (Å²) in [6.07, 6.45) is 0. The van der Waals surface area contributed by atoms with Crippen molar-refractivity contribution in [1.82, 2.24) is 0 Å². The summed E-state index contributed by atoms with van der Waals surface area (Å²) in [5.74, 6) is -0.293. The fourth-order valence-electron chi connectivity index (χ4n) is 1.41. The molecule has 5 heteroatoms. The van der Waals surface area contributed by atoms with E-state index in [-0.39, 0.29) is 5.91 Å². The molecule has 0 aliphatic carbocycles. The Hall–Kier alpha value is -1.22. The molecule has 0 bridgehead atoms. The van der Waals surface area contributed by atoms with E-state index >= 15 is 0 Å². The number of carbonyl (C=O) groups is 1. The number of carbonyl (C=O) groups excluding carboxylic acids is 1. The molecule has 0 saturated heterocycles. The second-order valence-electron chi connectivity index (χ2n) is 3.59. The van der Waals surface area contributed by atoms with Crippen molar-refractivity contribution in [3.05, 3.63) is 63.1 Å². The van der Waals surface area contributed by atoms with Gasteiger partial charge in [-0.05, 0) is 42.5 Å².